The van der Waals surface area contributed by atoms with E-state index in [-0.39, 0.29) is 36.8 Å². The Balaban J connectivity index is 2.23. The lowest BCUT2D eigenvalue weighted by Crippen LogP contribution is -2.41. The van der Waals surface area contributed by atoms with Crippen LogP contribution in [-0.2, 0) is 49.7 Å². The van der Waals surface area contributed by atoms with E-state index < -0.39 is 58.1 Å². The first-order chi connectivity index (χ1) is 18.1. The molecule has 39 heavy (non-hydrogen) atoms. The minimum atomic E-state index is -5.20. The van der Waals surface area contributed by atoms with Crippen LogP contribution in [0, 0.1) is 5.92 Å². The number of esters is 2. The smallest absolute Gasteiger partial charge is 0.426 e. The van der Waals surface area contributed by atoms with Gasteiger partial charge in [-0.15, -0.1) is 0 Å². The summed E-state index contributed by atoms with van der Waals surface area (Å²) in [6.45, 7) is 0. The summed E-state index contributed by atoms with van der Waals surface area (Å²) in [6, 6.07) is 0. The fourth-order valence-electron chi connectivity index (χ4n) is 5.31. The topological polar surface area (TPSA) is 144 Å². The second-order valence-corrected chi connectivity index (χ2v) is 11.0. The van der Waals surface area contributed by atoms with Gasteiger partial charge in [0, 0.05) is 0 Å². The monoisotopic (exact) mass is 572 g/mol. The number of hydrogen-bond acceptors (Lipinski definition) is 7. The second-order valence-electron chi connectivity index (χ2n) is 9.48. The molecule has 0 spiro atoms. The van der Waals surface area contributed by atoms with Crippen molar-refractivity contribution >= 4 is 59.4 Å². The van der Waals surface area contributed by atoms with Gasteiger partial charge in [0.05, 0.1) is 17.0 Å². The summed E-state index contributed by atoms with van der Waals surface area (Å²) in [5.74, 6) is -6.09. The molecule has 1 aromatic rings. The predicted molar refractivity (Wildman–Crippen MR) is 146 cm³/mol. The molecule has 1 saturated carbocycles. The molecule has 1 atom stereocenters. The number of rotatable bonds is 11. The van der Waals surface area contributed by atoms with Crippen LogP contribution in [0.1, 0.15) is 68.7 Å². The van der Waals surface area contributed by atoms with Crippen LogP contribution in [0.15, 0.2) is 0 Å². The molecule has 17 heteroatoms. The molecule has 1 aliphatic carbocycles. The molecule has 1 unspecified atom stereocenters. The molecule has 0 radical (unpaired) electrons. The Morgan fingerprint density at radius 1 is 0.872 bits per heavy atom. The normalized spacial score (nSPS) is 18.8. The third-order valence-corrected chi connectivity index (χ3v) is 7.77. The van der Waals surface area contributed by atoms with Crippen LogP contribution in [0.5, 0.6) is 0 Å². The quantitative estimate of drug-likeness (QED) is 0.194. The number of ether oxygens (including phenoxy) is 2. The van der Waals surface area contributed by atoms with E-state index in [1.807, 2.05) is 31.4 Å². The van der Waals surface area contributed by atoms with E-state index in [1.165, 1.54) is 0 Å². The Morgan fingerprint density at radius 3 is 1.72 bits per heavy atom. The summed E-state index contributed by atoms with van der Waals surface area (Å²) in [5.41, 5.74) is 2.96. The third kappa shape index (κ3) is 8.06. The van der Waals surface area contributed by atoms with Gasteiger partial charge in [0.1, 0.15) is 43.2 Å². The first kappa shape index (κ1) is 32.8. The molecular formula is C22H31B4F3O9S. The first-order valence-electron chi connectivity index (χ1n) is 12.9. The molecule has 9 nitrogen and oxygen atoms in total. The van der Waals surface area contributed by atoms with Crippen molar-refractivity contribution < 1.29 is 55.1 Å². The van der Waals surface area contributed by atoms with Crippen molar-refractivity contribution in [3.63, 3.8) is 0 Å². The number of carboxylic acids is 1. The Bertz CT molecular complexity index is 1200. The van der Waals surface area contributed by atoms with Crippen molar-refractivity contribution in [3.05, 3.63) is 33.4 Å². The minimum Gasteiger partial charge on any atom is -0.478 e. The van der Waals surface area contributed by atoms with Gasteiger partial charge in [0.15, 0.2) is 0 Å². The molecule has 1 aliphatic rings. The lowest BCUT2D eigenvalue weighted by Gasteiger charge is -2.29. The number of carboxylic acid groups (broad SMARTS) is 1. The van der Waals surface area contributed by atoms with Gasteiger partial charge in [-0.1, -0.05) is 25.3 Å². The Hall–Kier alpha value is -2.41. The van der Waals surface area contributed by atoms with Crippen molar-refractivity contribution in [2.45, 2.75) is 69.3 Å². The van der Waals surface area contributed by atoms with Crippen molar-refractivity contribution in [3.8, 4) is 0 Å². The molecule has 0 bridgehead atoms. The van der Waals surface area contributed by atoms with Gasteiger partial charge < -0.3 is 14.6 Å². The molecule has 0 amide bonds. The maximum Gasteiger partial charge on any atom is 0.426 e. The average Bonchev–Trinajstić information content (AvgIpc) is 2.85. The fraction of sp³-hybridized carbons (Fsp3) is 0.591. The molecule has 212 valence electrons. The van der Waals surface area contributed by atoms with Gasteiger partial charge in [-0.2, -0.15) is 21.6 Å². The van der Waals surface area contributed by atoms with E-state index in [4.69, 9.17) is 9.29 Å². The van der Waals surface area contributed by atoms with Gasteiger partial charge in [0.2, 0.25) is 6.10 Å². The highest BCUT2D eigenvalue weighted by atomic mass is 32.2. The van der Waals surface area contributed by atoms with Gasteiger partial charge in [-0.05, 0) is 47.9 Å². The molecule has 1 aromatic carbocycles. The summed E-state index contributed by atoms with van der Waals surface area (Å²) < 4.78 is 80.0. The highest BCUT2D eigenvalue weighted by Crippen LogP contribution is 2.34. The van der Waals surface area contributed by atoms with E-state index in [9.17, 15) is 41.1 Å². The van der Waals surface area contributed by atoms with Crippen LogP contribution in [0.4, 0.5) is 13.2 Å². The van der Waals surface area contributed by atoms with Crippen LogP contribution in [0.25, 0.3) is 0 Å². The van der Waals surface area contributed by atoms with E-state index in [0.29, 0.717) is 36.4 Å². The average molecular weight is 572 g/mol. The number of carbonyl (C=O) groups is 3. The Kier molecular flexibility index (Phi) is 11.2. The van der Waals surface area contributed by atoms with Gasteiger partial charge >= 0.3 is 24.1 Å². The zero-order valence-corrected chi connectivity index (χ0v) is 23.2. The molecule has 2 rings (SSSR count). The standard InChI is InChI=1S/C22H31B4F3O9S/c23-5-12-13(6-24)15(8-26)18(17(19(30)31)14(12)7-25)21(33)37-11-3-1-10(2-4-11)20(32)38-16(22(27,28)29)9-39(34,35)36/h10-11,16H,1-9,23-26H2,(H,30,31)(H,34,35,36). The van der Waals surface area contributed by atoms with Crippen molar-refractivity contribution in [1.29, 1.82) is 0 Å². The minimum absolute atomic E-state index is 0.00878. The molecular weight excluding hydrogens is 541 g/mol. The number of halogens is 3. The number of benzene rings is 1. The van der Waals surface area contributed by atoms with Gasteiger partial charge in [-0.25, -0.2) is 9.59 Å². The van der Waals surface area contributed by atoms with Crippen LogP contribution < -0.4 is 0 Å². The molecule has 2 N–H and O–H groups in total. The zero-order chi connectivity index (χ0) is 29.7. The molecule has 0 saturated heterocycles. The van der Waals surface area contributed by atoms with Crippen LogP contribution >= 0.6 is 0 Å². The van der Waals surface area contributed by atoms with E-state index >= 15 is 0 Å². The van der Waals surface area contributed by atoms with Gasteiger partial charge in [0.25, 0.3) is 10.1 Å². The summed E-state index contributed by atoms with van der Waals surface area (Å²) in [7, 11) is 2.45. The van der Waals surface area contributed by atoms with Crippen LogP contribution in [-0.4, -0.2) is 91.5 Å². The van der Waals surface area contributed by atoms with E-state index in [1.54, 1.807) is 0 Å². The fourth-order valence-corrected chi connectivity index (χ4v) is 5.95. The SMILES string of the molecule is BCc1c(CB)c(CB)c(C(=O)OC2CCC(C(=O)OC(CS(=O)(=O)O)C(F)(F)F)CC2)c(C(=O)O)c1CB. The van der Waals surface area contributed by atoms with Crippen LogP contribution in [0.2, 0.25) is 0 Å². The Labute approximate surface area is 229 Å². The highest BCUT2D eigenvalue weighted by Gasteiger charge is 2.46. The van der Waals surface area contributed by atoms with Gasteiger partial charge in [-0.3, -0.25) is 9.35 Å². The maximum absolute atomic E-state index is 13.4. The summed E-state index contributed by atoms with van der Waals surface area (Å²) in [5, 5.41) is 10.0. The largest absolute Gasteiger partial charge is 0.478 e. The van der Waals surface area contributed by atoms with Crippen molar-refractivity contribution in [1.82, 2.24) is 0 Å². The molecule has 0 heterocycles. The highest BCUT2D eigenvalue weighted by molar-refractivity contribution is 7.85. The zero-order valence-electron chi connectivity index (χ0n) is 22.4. The third-order valence-electron chi connectivity index (χ3n) is 7.05. The summed E-state index contributed by atoms with van der Waals surface area (Å²) in [6.07, 6.45) is -6.65. The van der Waals surface area contributed by atoms with Crippen LogP contribution in [0.3, 0.4) is 0 Å². The summed E-state index contributed by atoms with van der Waals surface area (Å²) >= 11 is 0. The predicted octanol–water partition coefficient (Wildman–Crippen LogP) is -1.01. The summed E-state index contributed by atoms with van der Waals surface area (Å²) in [4.78, 5) is 38.0. The number of alkyl halides is 3. The maximum atomic E-state index is 13.4. The second kappa shape index (κ2) is 13.3. The number of carbonyl (C=O) groups excluding carboxylic acids is 2. The lowest BCUT2D eigenvalue weighted by molar-refractivity contribution is -0.218. The van der Waals surface area contributed by atoms with E-state index in [0.717, 1.165) is 11.1 Å². The van der Waals surface area contributed by atoms with Crippen molar-refractivity contribution in [2.75, 3.05) is 5.75 Å². The first-order valence-corrected chi connectivity index (χ1v) is 14.6. The van der Waals surface area contributed by atoms with Crippen molar-refractivity contribution in [2.24, 2.45) is 5.92 Å². The molecule has 0 aliphatic heterocycles. The lowest BCUT2D eigenvalue weighted by atomic mass is 9.72. The Morgan fingerprint density at radius 2 is 1.33 bits per heavy atom. The molecule has 0 aromatic heterocycles. The molecule has 1 fully saturated rings. The number of aromatic carboxylic acids is 1. The number of hydrogen-bond donors (Lipinski definition) is 2. The van der Waals surface area contributed by atoms with E-state index in [2.05, 4.69) is 4.74 Å².